The monoisotopic (exact) mass is 459 g/mol. The largest absolute Gasteiger partial charge is 0.484 e. The van der Waals surface area contributed by atoms with Gasteiger partial charge >= 0.3 is 0 Å². The maximum atomic E-state index is 12.4. The van der Waals surface area contributed by atoms with Crippen LogP contribution in [0.3, 0.4) is 0 Å². The molecular weight excluding hydrogens is 438 g/mol. The standard InChI is InChI=1S/C26H22ClN3O3/c1-17-6-9-23(12-18(17)2)29-25(31)16-33-24-5-3-4-19(14-24)13-20(15-28)26(32)30-22-10-7-21(27)8-11-22/h3-14H,16H2,1-2H3,(H,29,31)(H,30,32)/b20-13-. The van der Waals surface area contributed by atoms with Crippen LogP contribution in [0.5, 0.6) is 5.75 Å². The highest BCUT2D eigenvalue weighted by atomic mass is 35.5. The van der Waals surface area contributed by atoms with Crippen LogP contribution in [0, 0.1) is 25.2 Å². The lowest BCUT2D eigenvalue weighted by Crippen LogP contribution is -2.20. The number of carbonyl (C=O) groups is 2. The summed E-state index contributed by atoms with van der Waals surface area (Å²) in [7, 11) is 0. The Morgan fingerprint density at radius 2 is 1.70 bits per heavy atom. The number of hydrogen-bond donors (Lipinski definition) is 2. The fraction of sp³-hybridized carbons (Fsp3) is 0.115. The topological polar surface area (TPSA) is 91.2 Å². The third-order valence-electron chi connectivity index (χ3n) is 4.80. The van der Waals surface area contributed by atoms with Crippen molar-refractivity contribution in [2.75, 3.05) is 17.2 Å². The average Bonchev–Trinajstić information content (AvgIpc) is 2.80. The van der Waals surface area contributed by atoms with Crippen LogP contribution in [0.2, 0.25) is 5.02 Å². The van der Waals surface area contributed by atoms with E-state index in [4.69, 9.17) is 16.3 Å². The zero-order valence-corrected chi connectivity index (χ0v) is 18.9. The van der Waals surface area contributed by atoms with Crippen LogP contribution < -0.4 is 15.4 Å². The average molecular weight is 460 g/mol. The van der Waals surface area contributed by atoms with Crippen LogP contribution >= 0.6 is 11.6 Å². The molecule has 0 atom stereocenters. The molecule has 7 heteroatoms. The lowest BCUT2D eigenvalue weighted by Gasteiger charge is -2.09. The summed E-state index contributed by atoms with van der Waals surface area (Å²) in [6.45, 7) is 3.80. The summed E-state index contributed by atoms with van der Waals surface area (Å²) in [4.78, 5) is 24.7. The molecule has 0 unspecified atom stereocenters. The van der Waals surface area contributed by atoms with E-state index in [1.807, 2.05) is 38.1 Å². The number of nitriles is 1. The van der Waals surface area contributed by atoms with Gasteiger partial charge in [-0.1, -0.05) is 29.8 Å². The van der Waals surface area contributed by atoms with Crippen molar-refractivity contribution in [3.05, 3.63) is 94.0 Å². The highest BCUT2D eigenvalue weighted by Crippen LogP contribution is 2.19. The molecule has 3 aromatic carbocycles. The molecule has 166 valence electrons. The van der Waals surface area contributed by atoms with Gasteiger partial charge in [0.05, 0.1) is 0 Å². The van der Waals surface area contributed by atoms with Gasteiger partial charge in [-0.2, -0.15) is 5.26 Å². The first-order valence-electron chi connectivity index (χ1n) is 10.1. The van der Waals surface area contributed by atoms with E-state index < -0.39 is 5.91 Å². The van der Waals surface area contributed by atoms with Gasteiger partial charge in [-0.05, 0) is 85.1 Å². The number of rotatable bonds is 7. The third kappa shape index (κ3) is 6.96. The van der Waals surface area contributed by atoms with E-state index in [0.717, 1.165) is 11.1 Å². The van der Waals surface area contributed by atoms with E-state index in [9.17, 15) is 14.9 Å². The third-order valence-corrected chi connectivity index (χ3v) is 5.05. The molecule has 0 saturated carbocycles. The smallest absolute Gasteiger partial charge is 0.266 e. The number of benzene rings is 3. The Hall–Kier alpha value is -4.08. The zero-order chi connectivity index (χ0) is 23.8. The molecule has 2 amide bonds. The Labute approximate surface area is 197 Å². The number of ether oxygens (including phenoxy) is 1. The molecule has 0 aliphatic carbocycles. The number of aryl methyl sites for hydroxylation is 2. The molecule has 0 aliphatic heterocycles. The molecular formula is C26H22ClN3O3. The second-order valence-corrected chi connectivity index (χ2v) is 7.78. The van der Waals surface area contributed by atoms with Crippen LogP contribution in [0.15, 0.2) is 72.3 Å². The molecule has 33 heavy (non-hydrogen) atoms. The summed E-state index contributed by atoms with van der Waals surface area (Å²) in [6, 6.07) is 21.0. The lowest BCUT2D eigenvalue weighted by molar-refractivity contribution is -0.118. The Balaban J connectivity index is 1.62. The van der Waals surface area contributed by atoms with E-state index in [-0.39, 0.29) is 18.1 Å². The first kappa shape index (κ1) is 23.6. The zero-order valence-electron chi connectivity index (χ0n) is 18.2. The summed E-state index contributed by atoms with van der Waals surface area (Å²) < 4.78 is 5.58. The van der Waals surface area contributed by atoms with Crippen molar-refractivity contribution < 1.29 is 14.3 Å². The minimum Gasteiger partial charge on any atom is -0.484 e. The first-order chi connectivity index (χ1) is 15.8. The molecule has 6 nitrogen and oxygen atoms in total. The van der Waals surface area contributed by atoms with Crippen molar-refractivity contribution in [2.24, 2.45) is 0 Å². The normalized spacial score (nSPS) is 10.8. The molecule has 0 aromatic heterocycles. The quantitative estimate of drug-likeness (QED) is 0.359. The van der Waals surface area contributed by atoms with E-state index >= 15 is 0 Å². The number of hydrogen-bond acceptors (Lipinski definition) is 4. The van der Waals surface area contributed by atoms with Crippen molar-refractivity contribution in [2.45, 2.75) is 13.8 Å². The van der Waals surface area contributed by atoms with Crippen LogP contribution in [0.1, 0.15) is 16.7 Å². The van der Waals surface area contributed by atoms with Gasteiger partial charge in [-0.15, -0.1) is 0 Å². The van der Waals surface area contributed by atoms with Gasteiger partial charge in [0.15, 0.2) is 6.61 Å². The predicted octanol–water partition coefficient (Wildman–Crippen LogP) is 5.52. The Bertz CT molecular complexity index is 1240. The molecule has 0 saturated heterocycles. The van der Waals surface area contributed by atoms with Crippen molar-refractivity contribution in [3.8, 4) is 11.8 Å². The number of amides is 2. The maximum Gasteiger partial charge on any atom is 0.266 e. The number of halogens is 1. The van der Waals surface area contributed by atoms with Gasteiger partial charge in [0.2, 0.25) is 0 Å². The van der Waals surface area contributed by atoms with E-state index in [1.54, 1.807) is 48.5 Å². The van der Waals surface area contributed by atoms with Gasteiger partial charge in [0, 0.05) is 16.4 Å². The summed E-state index contributed by atoms with van der Waals surface area (Å²) in [5, 5.41) is 15.4. The summed E-state index contributed by atoms with van der Waals surface area (Å²) in [5.74, 6) is -0.396. The lowest BCUT2D eigenvalue weighted by atomic mass is 10.1. The Kier molecular flexibility index (Phi) is 7.85. The number of nitrogens with zero attached hydrogens (tertiary/aromatic N) is 1. The van der Waals surface area contributed by atoms with Crippen LogP contribution in [0.25, 0.3) is 6.08 Å². The second kappa shape index (κ2) is 11.0. The molecule has 0 spiro atoms. The fourth-order valence-electron chi connectivity index (χ4n) is 2.91. The highest BCUT2D eigenvalue weighted by Gasteiger charge is 2.10. The molecule has 0 bridgehead atoms. The van der Waals surface area contributed by atoms with E-state index in [0.29, 0.717) is 27.7 Å². The number of anilines is 2. The SMILES string of the molecule is Cc1ccc(NC(=O)COc2cccc(/C=C(/C#N)C(=O)Nc3ccc(Cl)cc3)c2)cc1C. The van der Waals surface area contributed by atoms with Crippen LogP contribution in [-0.4, -0.2) is 18.4 Å². The number of carbonyl (C=O) groups excluding carboxylic acids is 2. The number of nitrogens with one attached hydrogen (secondary N) is 2. The molecule has 0 heterocycles. The van der Waals surface area contributed by atoms with Gasteiger partial charge < -0.3 is 15.4 Å². The molecule has 3 aromatic rings. The van der Waals surface area contributed by atoms with E-state index in [1.165, 1.54) is 6.08 Å². The van der Waals surface area contributed by atoms with Gasteiger partial charge in [-0.3, -0.25) is 9.59 Å². The van der Waals surface area contributed by atoms with Crippen LogP contribution in [-0.2, 0) is 9.59 Å². The van der Waals surface area contributed by atoms with Crippen molar-refractivity contribution in [1.82, 2.24) is 0 Å². The molecule has 2 N–H and O–H groups in total. The summed E-state index contributed by atoms with van der Waals surface area (Å²) in [6.07, 6.45) is 1.45. The minimum atomic E-state index is -0.543. The first-order valence-corrected chi connectivity index (χ1v) is 10.5. The predicted molar refractivity (Wildman–Crippen MR) is 130 cm³/mol. The summed E-state index contributed by atoms with van der Waals surface area (Å²) >= 11 is 5.84. The molecule has 0 radical (unpaired) electrons. The van der Waals surface area contributed by atoms with Crippen molar-refractivity contribution in [1.29, 1.82) is 5.26 Å². The Morgan fingerprint density at radius 1 is 0.970 bits per heavy atom. The Morgan fingerprint density at radius 3 is 2.39 bits per heavy atom. The fourth-order valence-corrected chi connectivity index (χ4v) is 3.03. The van der Waals surface area contributed by atoms with E-state index in [2.05, 4.69) is 10.6 Å². The molecule has 0 fully saturated rings. The molecule has 3 rings (SSSR count). The van der Waals surface area contributed by atoms with Crippen molar-refractivity contribution >= 4 is 40.9 Å². The second-order valence-electron chi connectivity index (χ2n) is 7.34. The van der Waals surface area contributed by atoms with Gasteiger partial charge in [0.1, 0.15) is 17.4 Å². The van der Waals surface area contributed by atoms with Gasteiger partial charge in [0.25, 0.3) is 11.8 Å². The maximum absolute atomic E-state index is 12.4. The minimum absolute atomic E-state index is 0.0745. The summed E-state index contributed by atoms with van der Waals surface area (Å²) in [5.41, 5.74) is 3.97. The molecule has 0 aliphatic rings. The van der Waals surface area contributed by atoms with Crippen molar-refractivity contribution in [3.63, 3.8) is 0 Å². The van der Waals surface area contributed by atoms with Crippen LogP contribution in [0.4, 0.5) is 11.4 Å². The highest BCUT2D eigenvalue weighted by molar-refractivity contribution is 6.30. The van der Waals surface area contributed by atoms with Gasteiger partial charge in [-0.25, -0.2) is 0 Å².